The fraction of sp³-hybridized carbons (Fsp3) is 0.182. The maximum absolute atomic E-state index is 2.40. The highest BCUT2D eigenvalue weighted by Gasteiger charge is 2.09. The summed E-state index contributed by atoms with van der Waals surface area (Å²) in [7, 11) is 0. The first-order chi connectivity index (χ1) is 10.9. The molecule has 0 atom stereocenters. The Balaban J connectivity index is 2.18. The molecule has 4 aromatic carbocycles. The van der Waals surface area contributed by atoms with Crippen LogP contribution < -0.4 is 0 Å². The van der Waals surface area contributed by atoms with Crippen molar-refractivity contribution < 1.29 is 0 Å². The number of fused-ring (bicyclic) bond motifs is 5. The molecule has 0 nitrogen and oxygen atoms in total. The molecule has 0 heteroatoms. The zero-order valence-corrected chi connectivity index (χ0v) is 13.0. The first-order valence-electron chi connectivity index (χ1n) is 8.20. The molecule has 0 unspecified atom stereocenters. The van der Waals surface area contributed by atoms with E-state index in [1.54, 1.807) is 0 Å². The third-order valence-corrected chi connectivity index (χ3v) is 4.63. The van der Waals surface area contributed by atoms with Gasteiger partial charge in [-0.25, -0.2) is 0 Å². The van der Waals surface area contributed by atoms with Crippen molar-refractivity contribution in [1.82, 2.24) is 0 Å². The van der Waals surface area contributed by atoms with Crippen LogP contribution in [0.1, 0.15) is 25.3 Å². The minimum atomic E-state index is 1.16. The van der Waals surface area contributed by atoms with E-state index in [0.717, 1.165) is 6.42 Å². The van der Waals surface area contributed by atoms with Gasteiger partial charge in [-0.15, -0.1) is 0 Å². The van der Waals surface area contributed by atoms with Crippen LogP contribution >= 0.6 is 0 Å². The van der Waals surface area contributed by atoms with Crippen molar-refractivity contribution in [2.24, 2.45) is 0 Å². The van der Waals surface area contributed by atoms with Crippen LogP contribution in [0.5, 0.6) is 0 Å². The summed E-state index contributed by atoms with van der Waals surface area (Å²) in [6.45, 7) is 2.27. The second-order valence-electron chi connectivity index (χ2n) is 6.07. The third kappa shape index (κ3) is 2.07. The van der Waals surface area contributed by atoms with Gasteiger partial charge in [-0.2, -0.15) is 0 Å². The molecule has 4 aromatic rings. The van der Waals surface area contributed by atoms with Gasteiger partial charge < -0.3 is 0 Å². The lowest BCUT2D eigenvalue weighted by Gasteiger charge is -2.13. The Labute approximate surface area is 131 Å². The van der Waals surface area contributed by atoms with E-state index in [1.807, 2.05) is 0 Å². The van der Waals surface area contributed by atoms with Crippen LogP contribution in [0, 0.1) is 0 Å². The van der Waals surface area contributed by atoms with Gasteiger partial charge in [0.1, 0.15) is 0 Å². The van der Waals surface area contributed by atoms with Crippen molar-refractivity contribution in [1.29, 1.82) is 0 Å². The van der Waals surface area contributed by atoms with Gasteiger partial charge >= 0.3 is 0 Å². The molecule has 0 radical (unpaired) electrons. The normalized spacial score (nSPS) is 11.5. The van der Waals surface area contributed by atoms with E-state index < -0.39 is 0 Å². The summed E-state index contributed by atoms with van der Waals surface area (Å²) in [5.41, 5.74) is 1.49. The fourth-order valence-corrected chi connectivity index (χ4v) is 3.53. The highest BCUT2D eigenvalue weighted by Crippen LogP contribution is 2.34. The number of hydrogen-bond acceptors (Lipinski definition) is 0. The van der Waals surface area contributed by atoms with E-state index in [-0.39, 0.29) is 0 Å². The van der Waals surface area contributed by atoms with E-state index in [1.165, 1.54) is 50.7 Å². The molecule has 0 saturated heterocycles. The monoisotopic (exact) mass is 284 g/mol. The zero-order chi connectivity index (χ0) is 14.9. The summed E-state index contributed by atoms with van der Waals surface area (Å²) in [6, 6.07) is 24.5. The average molecular weight is 284 g/mol. The molecule has 0 aliphatic heterocycles. The van der Waals surface area contributed by atoms with Gasteiger partial charge in [-0.3, -0.25) is 0 Å². The lowest BCUT2D eigenvalue weighted by atomic mass is 9.91. The van der Waals surface area contributed by atoms with Crippen LogP contribution in [0.25, 0.3) is 32.3 Å². The van der Waals surface area contributed by atoms with E-state index >= 15 is 0 Å². The van der Waals surface area contributed by atoms with Crippen molar-refractivity contribution in [3.63, 3.8) is 0 Å². The topological polar surface area (TPSA) is 0 Å². The molecule has 0 aromatic heterocycles. The highest BCUT2D eigenvalue weighted by molar-refractivity contribution is 6.18. The fourth-order valence-electron chi connectivity index (χ4n) is 3.53. The Morgan fingerprint density at radius 2 is 1.41 bits per heavy atom. The van der Waals surface area contributed by atoms with Gasteiger partial charge in [-0.1, -0.05) is 80.1 Å². The Morgan fingerprint density at radius 3 is 2.23 bits per heavy atom. The maximum atomic E-state index is 2.40. The number of benzene rings is 4. The van der Waals surface area contributed by atoms with Crippen LogP contribution in [-0.4, -0.2) is 0 Å². The Morgan fingerprint density at radius 1 is 0.682 bits per heavy atom. The molecule has 4 rings (SSSR count). The second-order valence-corrected chi connectivity index (χ2v) is 6.07. The SMILES string of the molecule is CCCCc1cc2ccccc2c2ccc3ccccc3c12. The Bertz CT molecular complexity index is 963. The minimum Gasteiger partial charge on any atom is -0.0654 e. The minimum absolute atomic E-state index is 1.16. The van der Waals surface area contributed by atoms with Crippen molar-refractivity contribution in [2.75, 3.05) is 0 Å². The van der Waals surface area contributed by atoms with E-state index in [4.69, 9.17) is 0 Å². The van der Waals surface area contributed by atoms with Crippen LogP contribution in [-0.2, 0) is 6.42 Å². The molecule has 0 aliphatic carbocycles. The van der Waals surface area contributed by atoms with Gasteiger partial charge in [0.2, 0.25) is 0 Å². The largest absolute Gasteiger partial charge is 0.0654 e. The summed E-state index contributed by atoms with van der Waals surface area (Å²) >= 11 is 0. The molecule has 108 valence electrons. The molecule has 0 N–H and O–H groups in total. The maximum Gasteiger partial charge on any atom is -0.00669 e. The van der Waals surface area contributed by atoms with Crippen molar-refractivity contribution >= 4 is 32.3 Å². The number of aryl methyl sites for hydroxylation is 1. The number of hydrogen-bond donors (Lipinski definition) is 0. The van der Waals surface area contributed by atoms with Crippen LogP contribution in [0.4, 0.5) is 0 Å². The predicted octanol–water partition coefficient (Wildman–Crippen LogP) is 6.49. The van der Waals surface area contributed by atoms with Crippen molar-refractivity contribution in [2.45, 2.75) is 26.2 Å². The summed E-state index contributed by atoms with van der Waals surface area (Å²) in [4.78, 5) is 0. The summed E-state index contributed by atoms with van der Waals surface area (Å²) in [5, 5.41) is 8.29. The number of rotatable bonds is 3. The molecular weight excluding hydrogens is 264 g/mol. The molecule has 22 heavy (non-hydrogen) atoms. The van der Waals surface area contributed by atoms with Crippen LogP contribution in [0.3, 0.4) is 0 Å². The molecule has 0 amide bonds. The highest BCUT2D eigenvalue weighted by atomic mass is 14.1. The predicted molar refractivity (Wildman–Crippen MR) is 97.6 cm³/mol. The standard InChI is InChI=1S/C22H20/c1-2-3-8-18-15-17-10-5-6-11-19(17)21-14-13-16-9-4-7-12-20(16)22(18)21/h4-7,9-15H,2-3,8H2,1H3. The average Bonchev–Trinajstić information content (AvgIpc) is 2.59. The van der Waals surface area contributed by atoms with E-state index in [0.29, 0.717) is 0 Å². The van der Waals surface area contributed by atoms with Gasteiger partial charge in [-0.05, 0) is 50.7 Å². The molecule has 0 bridgehead atoms. The molecule has 0 aliphatic rings. The van der Waals surface area contributed by atoms with Gasteiger partial charge in [0.05, 0.1) is 0 Å². The van der Waals surface area contributed by atoms with Crippen LogP contribution in [0.15, 0.2) is 66.7 Å². The van der Waals surface area contributed by atoms with E-state index in [9.17, 15) is 0 Å². The molecule has 0 fully saturated rings. The Kier molecular flexibility index (Phi) is 3.31. The third-order valence-electron chi connectivity index (χ3n) is 4.63. The first-order valence-corrected chi connectivity index (χ1v) is 8.20. The van der Waals surface area contributed by atoms with Crippen molar-refractivity contribution in [3.05, 3.63) is 72.3 Å². The van der Waals surface area contributed by atoms with Gasteiger partial charge in [0, 0.05) is 0 Å². The van der Waals surface area contributed by atoms with Gasteiger partial charge in [0.15, 0.2) is 0 Å². The second kappa shape index (κ2) is 5.46. The molecule has 0 heterocycles. The van der Waals surface area contributed by atoms with E-state index in [2.05, 4.69) is 73.7 Å². The van der Waals surface area contributed by atoms with Gasteiger partial charge in [0.25, 0.3) is 0 Å². The summed E-state index contributed by atoms with van der Waals surface area (Å²) < 4.78 is 0. The van der Waals surface area contributed by atoms with Crippen molar-refractivity contribution in [3.8, 4) is 0 Å². The first kappa shape index (κ1) is 13.3. The lowest BCUT2D eigenvalue weighted by molar-refractivity contribution is 0.800. The zero-order valence-electron chi connectivity index (χ0n) is 13.0. The summed E-state index contributed by atoms with van der Waals surface area (Å²) in [5.74, 6) is 0. The Hall–Kier alpha value is -2.34. The summed E-state index contributed by atoms with van der Waals surface area (Å²) in [6.07, 6.45) is 3.64. The molecule has 0 saturated carbocycles. The molecule has 0 spiro atoms. The van der Waals surface area contributed by atoms with Crippen LogP contribution in [0.2, 0.25) is 0 Å². The quantitative estimate of drug-likeness (QED) is 0.377. The smallest absolute Gasteiger partial charge is 0.00669 e. The molecular formula is C22H20. The number of unbranched alkanes of at least 4 members (excludes halogenated alkanes) is 1. The lowest BCUT2D eigenvalue weighted by Crippen LogP contribution is -1.90.